The second-order valence-corrected chi connectivity index (χ2v) is 5.11. The molecule has 0 aliphatic carbocycles. The van der Waals surface area contributed by atoms with Crippen molar-refractivity contribution in [2.75, 3.05) is 0 Å². The van der Waals surface area contributed by atoms with Gasteiger partial charge >= 0.3 is 0 Å². The molecule has 0 radical (unpaired) electrons. The number of pyridine rings is 2. The first kappa shape index (κ1) is 12.7. The number of hydrogen-bond acceptors (Lipinski definition) is 4. The first-order valence-electron chi connectivity index (χ1n) is 7.04. The molecule has 22 heavy (non-hydrogen) atoms. The maximum Gasteiger partial charge on any atom is 0.228 e. The first-order valence-corrected chi connectivity index (χ1v) is 7.04. The van der Waals surface area contributed by atoms with Crippen LogP contribution in [0.2, 0.25) is 0 Å². The lowest BCUT2D eigenvalue weighted by atomic mass is 10.1. The van der Waals surface area contributed by atoms with Crippen LogP contribution in [-0.2, 0) is 0 Å². The SMILES string of the molecule is Cc1cccnc1-c1ccc2oc(-c3cccnc3)nc2c1. The van der Waals surface area contributed by atoms with Gasteiger partial charge in [-0.15, -0.1) is 0 Å². The fraction of sp³-hybridized carbons (Fsp3) is 0.0556. The normalized spacial score (nSPS) is 11.0. The summed E-state index contributed by atoms with van der Waals surface area (Å²) in [6.07, 6.45) is 5.28. The highest BCUT2D eigenvalue weighted by Gasteiger charge is 2.10. The van der Waals surface area contributed by atoms with Crippen molar-refractivity contribution in [2.45, 2.75) is 6.92 Å². The third-order valence-corrected chi connectivity index (χ3v) is 3.58. The fourth-order valence-corrected chi connectivity index (χ4v) is 2.48. The molecule has 3 aromatic heterocycles. The van der Waals surface area contributed by atoms with Crippen LogP contribution in [0.4, 0.5) is 0 Å². The van der Waals surface area contributed by atoms with Crippen molar-refractivity contribution < 1.29 is 4.42 Å². The summed E-state index contributed by atoms with van der Waals surface area (Å²) in [6.45, 7) is 2.05. The summed E-state index contributed by atoms with van der Waals surface area (Å²) >= 11 is 0. The third-order valence-electron chi connectivity index (χ3n) is 3.58. The molecule has 4 heteroatoms. The summed E-state index contributed by atoms with van der Waals surface area (Å²) < 4.78 is 5.80. The molecular weight excluding hydrogens is 274 g/mol. The molecule has 106 valence electrons. The number of aryl methyl sites for hydroxylation is 1. The fourth-order valence-electron chi connectivity index (χ4n) is 2.48. The predicted octanol–water partition coefficient (Wildman–Crippen LogP) is 4.26. The molecule has 4 rings (SSSR count). The summed E-state index contributed by atoms with van der Waals surface area (Å²) in [5, 5.41) is 0. The Morgan fingerprint density at radius 1 is 0.955 bits per heavy atom. The zero-order valence-electron chi connectivity index (χ0n) is 12.0. The molecule has 0 unspecified atom stereocenters. The van der Waals surface area contributed by atoms with Gasteiger partial charge in [0.1, 0.15) is 5.52 Å². The Kier molecular flexibility index (Phi) is 2.93. The van der Waals surface area contributed by atoms with E-state index in [2.05, 4.69) is 27.9 Å². The summed E-state index contributed by atoms with van der Waals surface area (Å²) in [5.41, 5.74) is 5.59. The van der Waals surface area contributed by atoms with E-state index >= 15 is 0 Å². The molecule has 0 amide bonds. The van der Waals surface area contributed by atoms with Gasteiger partial charge in [-0.3, -0.25) is 9.97 Å². The second-order valence-electron chi connectivity index (χ2n) is 5.11. The highest BCUT2D eigenvalue weighted by Crippen LogP contribution is 2.28. The van der Waals surface area contributed by atoms with Crippen LogP contribution in [0.3, 0.4) is 0 Å². The van der Waals surface area contributed by atoms with Crippen LogP contribution in [0.5, 0.6) is 0 Å². The van der Waals surface area contributed by atoms with Crippen LogP contribution in [-0.4, -0.2) is 15.0 Å². The molecule has 4 aromatic rings. The van der Waals surface area contributed by atoms with E-state index in [-0.39, 0.29) is 0 Å². The van der Waals surface area contributed by atoms with Crippen LogP contribution < -0.4 is 0 Å². The van der Waals surface area contributed by atoms with Gasteiger partial charge in [0, 0.05) is 24.2 Å². The minimum absolute atomic E-state index is 0.581. The molecule has 0 atom stereocenters. The smallest absolute Gasteiger partial charge is 0.228 e. The molecule has 3 heterocycles. The summed E-state index contributed by atoms with van der Waals surface area (Å²) in [4.78, 5) is 13.1. The van der Waals surface area contributed by atoms with Gasteiger partial charge in [0.2, 0.25) is 5.89 Å². The lowest BCUT2D eigenvalue weighted by Crippen LogP contribution is -1.86. The molecule has 4 nitrogen and oxygen atoms in total. The summed E-state index contributed by atoms with van der Waals surface area (Å²) in [7, 11) is 0. The van der Waals surface area contributed by atoms with E-state index in [9.17, 15) is 0 Å². The zero-order chi connectivity index (χ0) is 14.9. The highest BCUT2D eigenvalue weighted by atomic mass is 16.3. The van der Waals surface area contributed by atoms with E-state index in [0.717, 1.165) is 33.5 Å². The lowest BCUT2D eigenvalue weighted by molar-refractivity contribution is 0.619. The molecule has 0 saturated heterocycles. The van der Waals surface area contributed by atoms with Crippen molar-refractivity contribution in [3.63, 3.8) is 0 Å². The highest BCUT2D eigenvalue weighted by molar-refractivity contribution is 5.82. The second kappa shape index (κ2) is 5.07. The van der Waals surface area contributed by atoms with Gasteiger partial charge in [-0.1, -0.05) is 6.07 Å². The Morgan fingerprint density at radius 3 is 2.68 bits per heavy atom. The van der Waals surface area contributed by atoms with E-state index in [0.29, 0.717) is 5.89 Å². The maximum atomic E-state index is 5.80. The molecule has 0 spiro atoms. The predicted molar refractivity (Wildman–Crippen MR) is 85.2 cm³/mol. The van der Waals surface area contributed by atoms with E-state index in [1.165, 1.54) is 0 Å². The van der Waals surface area contributed by atoms with Gasteiger partial charge < -0.3 is 4.42 Å². The van der Waals surface area contributed by atoms with Crippen molar-refractivity contribution in [1.82, 2.24) is 15.0 Å². The average Bonchev–Trinajstić information content (AvgIpc) is 2.99. The summed E-state index contributed by atoms with van der Waals surface area (Å²) in [6, 6.07) is 13.7. The van der Waals surface area contributed by atoms with Crippen molar-refractivity contribution in [3.05, 3.63) is 66.6 Å². The monoisotopic (exact) mass is 287 g/mol. The molecule has 0 aliphatic heterocycles. The summed E-state index contributed by atoms with van der Waals surface area (Å²) in [5.74, 6) is 0.581. The Hall–Kier alpha value is -3.01. The quantitative estimate of drug-likeness (QED) is 0.552. The Labute approximate surface area is 127 Å². The minimum atomic E-state index is 0.581. The number of nitrogens with zero attached hydrogens (tertiary/aromatic N) is 3. The van der Waals surface area contributed by atoms with Crippen LogP contribution in [0.15, 0.2) is 65.5 Å². The Morgan fingerprint density at radius 2 is 1.86 bits per heavy atom. The van der Waals surface area contributed by atoms with Crippen LogP contribution in [0.25, 0.3) is 33.8 Å². The molecule has 1 aromatic carbocycles. The van der Waals surface area contributed by atoms with E-state index in [1.807, 2.05) is 36.4 Å². The Bertz CT molecular complexity index is 945. The van der Waals surface area contributed by atoms with E-state index in [1.54, 1.807) is 18.6 Å². The van der Waals surface area contributed by atoms with Crippen LogP contribution in [0.1, 0.15) is 5.56 Å². The minimum Gasteiger partial charge on any atom is -0.436 e. The van der Waals surface area contributed by atoms with Gasteiger partial charge in [-0.05, 0) is 48.9 Å². The molecule has 0 bridgehead atoms. The third kappa shape index (κ3) is 2.15. The molecule has 0 aliphatic rings. The van der Waals surface area contributed by atoms with Gasteiger partial charge in [-0.2, -0.15) is 0 Å². The molecule has 0 saturated carbocycles. The zero-order valence-corrected chi connectivity index (χ0v) is 12.0. The van der Waals surface area contributed by atoms with Crippen molar-refractivity contribution in [1.29, 1.82) is 0 Å². The first-order chi connectivity index (χ1) is 10.8. The standard InChI is InChI=1S/C18H13N3O/c1-12-4-2-9-20-17(12)13-6-7-16-15(10-13)21-18(22-16)14-5-3-8-19-11-14/h2-11H,1H3. The number of rotatable bonds is 2. The number of fused-ring (bicyclic) bond motifs is 1. The van der Waals surface area contributed by atoms with Gasteiger partial charge in [0.05, 0.1) is 11.3 Å². The molecule has 0 fully saturated rings. The van der Waals surface area contributed by atoms with Gasteiger partial charge in [-0.25, -0.2) is 4.98 Å². The number of oxazole rings is 1. The van der Waals surface area contributed by atoms with Crippen molar-refractivity contribution >= 4 is 11.1 Å². The van der Waals surface area contributed by atoms with Crippen LogP contribution in [0, 0.1) is 6.92 Å². The van der Waals surface area contributed by atoms with E-state index < -0.39 is 0 Å². The van der Waals surface area contributed by atoms with Crippen molar-refractivity contribution in [2.24, 2.45) is 0 Å². The topological polar surface area (TPSA) is 51.8 Å². The number of hydrogen-bond donors (Lipinski definition) is 0. The number of benzene rings is 1. The van der Waals surface area contributed by atoms with E-state index in [4.69, 9.17) is 4.42 Å². The largest absolute Gasteiger partial charge is 0.436 e. The van der Waals surface area contributed by atoms with Crippen molar-refractivity contribution in [3.8, 4) is 22.7 Å². The average molecular weight is 287 g/mol. The van der Waals surface area contributed by atoms with Gasteiger partial charge in [0.25, 0.3) is 0 Å². The molecular formula is C18H13N3O. The lowest BCUT2D eigenvalue weighted by Gasteiger charge is -2.03. The number of aromatic nitrogens is 3. The van der Waals surface area contributed by atoms with Gasteiger partial charge in [0.15, 0.2) is 5.58 Å². The van der Waals surface area contributed by atoms with Crippen LogP contribution >= 0.6 is 0 Å². The Balaban J connectivity index is 1.84. The maximum absolute atomic E-state index is 5.80. The molecule has 0 N–H and O–H groups in total.